The van der Waals surface area contributed by atoms with Crippen molar-refractivity contribution in [2.45, 2.75) is 116 Å². The SMILES string of the molecule is CC(C)CCC(=O)N1C[C@H](O)C[C@H]1COP(=O)(O)O[C@@H]1C[C@@H](COC(C)C)N(C(=O)CCCSC(C)C)C1. The maximum atomic E-state index is 13.0. The summed E-state index contributed by atoms with van der Waals surface area (Å²) in [5, 5.41) is 10.6. The number of aliphatic hydroxyl groups is 1. The van der Waals surface area contributed by atoms with Gasteiger partial charge in [0.05, 0.1) is 43.6 Å². The van der Waals surface area contributed by atoms with Crippen molar-refractivity contribution >= 4 is 31.4 Å². The van der Waals surface area contributed by atoms with E-state index in [4.69, 9.17) is 13.8 Å². The standard InChI is InChI=1S/C26H49N2O8PS/c1-18(2)9-10-26(31)27-14-23(29)12-21(27)17-35-37(32,33)36-24-13-22(16-34-19(3)4)28(15-24)25(30)8-7-11-38-20(5)6/h18-24,29H,7-17H2,1-6H3,(H,32,33)/t21-,22-,23+,24+/m0/s1. The van der Waals surface area contributed by atoms with E-state index in [1.165, 1.54) is 0 Å². The molecular formula is C26H49N2O8PS. The van der Waals surface area contributed by atoms with Gasteiger partial charge in [-0.05, 0) is 56.5 Å². The lowest BCUT2D eigenvalue weighted by Crippen LogP contribution is -2.39. The average molecular weight is 581 g/mol. The highest BCUT2D eigenvalue weighted by Crippen LogP contribution is 2.47. The minimum atomic E-state index is -4.46. The number of rotatable bonds is 16. The second-order valence-corrected chi connectivity index (χ2v) is 14.4. The fourth-order valence-corrected chi connectivity index (χ4v) is 6.45. The average Bonchev–Trinajstić information content (AvgIpc) is 3.39. The van der Waals surface area contributed by atoms with Crippen LogP contribution in [0.25, 0.3) is 0 Å². The number of amides is 2. The number of aliphatic hydroxyl groups excluding tert-OH is 1. The third-order valence-corrected chi connectivity index (χ3v) is 8.90. The van der Waals surface area contributed by atoms with Crippen molar-refractivity contribution in [1.82, 2.24) is 9.80 Å². The molecule has 1 unspecified atom stereocenters. The molecule has 0 aromatic heterocycles. The summed E-state index contributed by atoms with van der Waals surface area (Å²) in [5.41, 5.74) is 0. The van der Waals surface area contributed by atoms with Gasteiger partial charge in [0, 0.05) is 25.9 Å². The van der Waals surface area contributed by atoms with E-state index in [1.807, 2.05) is 39.5 Å². The number of hydrogen-bond acceptors (Lipinski definition) is 8. The van der Waals surface area contributed by atoms with E-state index >= 15 is 0 Å². The first-order valence-corrected chi connectivity index (χ1v) is 16.5. The molecule has 10 nitrogen and oxygen atoms in total. The van der Waals surface area contributed by atoms with Crippen LogP contribution in [0.3, 0.4) is 0 Å². The monoisotopic (exact) mass is 580 g/mol. The van der Waals surface area contributed by atoms with Crippen molar-refractivity contribution in [2.24, 2.45) is 5.92 Å². The summed E-state index contributed by atoms with van der Waals surface area (Å²) in [4.78, 5) is 39.3. The van der Waals surface area contributed by atoms with E-state index in [1.54, 1.807) is 9.80 Å². The molecule has 2 saturated heterocycles. The summed E-state index contributed by atoms with van der Waals surface area (Å²) < 4.78 is 29.4. The molecule has 0 bridgehead atoms. The van der Waals surface area contributed by atoms with Gasteiger partial charge in [-0.25, -0.2) is 4.57 Å². The lowest BCUT2D eigenvalue weighted by atomic mass is 10.1. The molecule has 0 radical (unpaired) electrons. The van der Waals surface area contributed by atoms with Crippen molar-refractivity contribution in [3.8, 4) is 0 Å². The molecule has 2 aliphatic heterocycles. The molecule has 222 valence electrons. The van der Waals surface area contributed by atoms with E-state index in [9.17, 15) is 24.2 Å². The second-order valence-electron chi connectivity index (χ2n) is 11.4. The van der Waals surface area contributed by atoms with Crippen LogP contribution in [0.2, 0.25) is 0 Å². The topological polar surface area (TPSA) is 126 Å². The first-order valence-electron chi connectivity index (χ1n) is 13.9. The smallest absolute Gasteiger partial charge is 0.391 e. The number of carbonyl (C=O) groups is 2. The Morgan fingerprint density at radius 3 is 2.24 bits per heavy atom. The van der Waals surface area contributed by atoms with Crippen molar-refractivity contribution in [1.29, 1.82) is 0 Å². The molecule has 2 amide bonds. The van der Waals surface area contributed by atoms with Gasteiger partial charge in [0.25, 0.3) is 0 Å². The quantitative estimate of drug-likeness (QED) is 0.207. The Morgan fingerprint density at radius 1 is 0.974 bits per heavy atom. The Kier molecular flexibility index (Phi) is 14.1. The molecule has 2 aliphatic rings. The highest BCUT2D eigenvalue weighted by atomic mass is 32.2. The zero-order valence-corrected chi connectivity index (χ0v) is 25.6. The highest BCUT2D eigenvalue weighted by molar-refractivity contribution is 7.99. The number of thioether (sulfide) groups is 1. The van der Waals surface area contributed by atoms with Crippen LogP contribution in [0.15, 0.2) is 0 Å². The van der Waals surface area contributed by atoms with Crippen LogP contribution in [-0.2, 0) is 27.9 Å². The molecule has 0 aromatic rings. The highest BCUT2D eigenvalue weighted by Gasteiger charge is 2.41. The molecule has 2 fully saturated rings. The maximum absolute atomic E-state index is 13.0. The van der Waals surface area contributed by atoms with Crippen LogP contribution in [0.5, 0.6) is 0 Å². The Labute approximate surface area is 232 Å². The third-order valence-electron chi connectivity index (χ3n) is 6.67. The molecule has 0 spiro atoms. The van der Waals surface area contributed by atoms with Gasteiger partial charge in [0.15, 0.2) is 0 Å². The Hall–Kier alpha value is -0.680. The minimum Gasteiger partial charge on any atom is -0.391 e. The molecule has 2 heterocycles. The summed E-state index contributed by atoms with van der Waals surface area (Å²) in [6.45, 7) is 12.7. The Morgan fingerprint density at radius 2 is 1.61 bits per heavy atom. The van der Waals surface area contributed by atoms with Crippen LogP contribution in [0.1, 0.15) is 80.1 Å². The zero-order valence-electron chi connectivity index (χ0n) is 23.9. The molecular weight excluding hydrogens is 531 g/mol. The lowest BCUT2D eigenvalue weighted by molar-refractivity contribution is -0.134. The van der Waals surface area contributed by atoms with Gasteiger partial charge in [-0.2, -0.15) is 11.8 Å². The van der Waals surface area contributed by atoms with E-state index < -0.39 is 26.1 Å². The van der Waals surface area contributed by atoms with Crippen LogP contribution >= 0.6 is 19.6 Å². The van der Waals surface area contributed by atoms with E-state index in [2.05, 4.69) is 13.8 Å². The first-order chi connectivity index (χ1) is 17.8. The van der Waals surface area contributed by atoms with Crippen molar-refractivity contribution in [2.75, 3.05) is 32.1 Å². The van der Waals surface area contributed by atoms with Crippen molar-refractivity contribution < 1.29 is 37.9 Å². The Bertz CT molecular complexity index is 799. The molecule has 12 heteroatoms. The number of carbonyl (C=O) groups excluding carboxylic acids is 2. The van der Waals surface area contributed by atoms with Gasteiger partial charge < -0.3 is 24.5 Å². The normalized spacial score (nSPS) is 25.7. The van der Waals surface area contributed by atoms with Gasteiger partial charge in [0.2, 0.25) is 11.8 Å². The number of phosphoric ester groups is 1. The second kappa shape index (κ2) is 15.9. The van der Waals surface area contributed by atoms with Gasteiger partial charge in [-0.3, -0.25) is 18.6 Å². The summed E-state index contributed by atoms with van der Waals surface area (Å²) >= 11 is 1.81. The zero-order chi connectivity index (χ0) is 28.5. The molecule has 2 rings (SSSR count). The van der Waals surface area contributed by atoms with Crippen molar-refractivity contribution in [3.63, 3.8) is 0 Å². The summed E-state index contributed by atoms with van der Waals surface area (Å²) in [6.07, 6.45) is 1.54. The molecule has 2 N–H and O–H groups in total. The van der Waals surface area contributed by atoms with Gasteiger partial charge >= 0.3 is 7.82 Å². The summed E-state index contributed by atoms with van der Waals surface area (Å²) in [5.74, 6) is 1.17. The van der Waals surface area contributed by atoms with E-state index in [0.717, 1.165) is 18.6 Å². The predicted molar refractivity (Wildman–Crippen MR) is 149 cm³/mol. The van der Waals surface area contributed by atoms with Crippen LogP contribution in [-0.4, -0.2) is 99.3 Å². The first kappa shape index (κ1) is 33.5. The number of ether oxygens (including phenoxy) is 1. The van der Waals surface area contributed by atoms with Crippen LogP contribution in [0, 0.1) is 5.92 Å². The minimum absolute atomic E-state index is 0.00501. The fourth-order valence-electron chi connectivity index (χ4n) is 4.71. The molecule has 0 saturated carbocycles. The number of likely N-dealkylation sites (tertiary alicyclic amines) is 2. The third kappa shape index (κ3) is 11.8. The Balaban J connectivity index is 1.93. The van der Waals surface area contributed by atoms with Gasteiger partial charge in [-0.15, -0.1) is 0 Å². The van der Waals surface area contributed by atoms with Crippen LogP contribution < -0.4 is 0 Å². The summed E-state index contributed by atoms with van der Waals surface area (Å²) in [6, 6.07) is -0.738. The van der Waals surface area contributed by atoms with E-state index in [-0.39, 0.29) is 50.1 Å². The molecule has 38 heavy (non-hydrogen) atoms. The van der Waals surface area contributed by atoms with Gasteiger partial charge in [-0.1, -0.05) is 27.7 Å². The number of nitrogens with zero attached hydrogens (tertiary/aromatic N) is 2. The molecule has 5 atom stereocenters. The summed E-state index contributed by atoms with van der Waals surface area (Å²) in [7, 11) is -4.46. The predicted octanol–water partition coefficient (Wildman–Crippen LogP) is 3.83. The lowest BCUT2D eigenvalue weighted by Gasteiger charge is -2.26. The molecule has 0 aliphatic carbocycles. The number of phosphoric acid groups is 1. The molecule has 0 aromatic carbocycles. The maximum Gasteiger partial charge on any atom is 0.472 e. The van der Waals surface area contributed by atoms with Gasteiger partial charge in [0.1, 0.15) is 0 Å². The van der Waals surface area contributed by atoms with Crippen LogP contribution in [0.4, 0.5) is 0 Å². The number of β-amino-alcohol motifs (C(OH)–C–C–N with tert-alkyl or cyclic N) is 1. The number of hydrogen-bond donors (Lipinski definition) is 2. The fraction of sp³-hybridized carbons (Fsp3) is 0.923. The van der Waals surface area contributed by atoms with E-state index in [0.29, 0.717) is 37.0 Å². The van der Waals surface area contributed by atoms with Crippen molar-refractivity contribution in [3.05, 3.63) is 0 Å². The largest absolute Gasteiger partial charge is 0.472 e.